The number of thiophene rings is 1. The third-order valence-electron chi connectivity index (χ3n) is 6.36. The summed E-state index contributed by atoms with van der Waals surface area (Å²) in [6.45, 7) is 0.206. The van der Waals surface area contributed by atoms with E-state index in [1.165, 1.54) is 11.3 Å². The van der Waals surface area contributed by atoms with Crippen LogP contribution in [0.5, 0.6) is 0 Å². The zero-order valence-corrected chi connectivity index (χ0v) is 20.2. The molecule has 0 bridgehead atoms. The molecule has 0 saturated heterocycles. The quantitative estimate of drug-likeness (QED) is 0.299. The van der Waals surface area contributed by atoms with Crippen LogP contribution in [-0.4, -0.2) is 42.1 Å². The molecule has 182 valence electrons. The molecule has 3 amide bonds. The van der Waals surface area contributed by atoms with Crippen LogP contribution in [-0.2, 0) is 20.8 Å². The second-order valence-electron chi connectivity index (χ2n) is 8.85. The third kappa shape index (κ3) is 5.95. The van der Waals surface area contributed by atoms with E-state index in [0.29, 0.717) is 24.1 Å². The van der Waals surface area contributed by atoms with E-state index in [1.54, 1.807) is 0 Å². The van der Waals surface area contributed by atoms with Crippen LogP contribution in [0.2, 0.25) is 0 Å². The van der Waals surface area contributed by atoms with Gasteiger partial charge in [-0.3, -0.25) is 14.4 Å². The van der Waals surface area contributed by atoms with Gasteiger partial charge in [-0.1, -0.05) is 61.4 Å². The van der Waals surface area contributed by atoms with Gasteiger partial charge in [0.15, 0.2) is 0 Å². The highest BCUT2D eigenvalue weighted by atomic mass is 32.1. The van der Waals surface area contributed by atoms with Crippen LogP contribution in [0.25, 0.3) is 10.1 Å². The number of carbonyl (C=O) groups is 4. The fraction of sp³-hybridized carbons (Fsp3) is 0.333. The minimum Gasteiger partial charge on any atom is -0.354 e. The summed E-state index contributed by atoms with van der Waals surface area (Å²) in [6.07, 6.45) is 3.90. The number of hydrogen-bond donors (Lipinski definition) is 3. The van der Waals surface area contributed by atoms with Gasteiger partial charge in [-0.05, 0) is 35.9 Å². The zero-order valence-electron chi connectivity index (χ0n) is 19.4. The van der Waals surface area contributed by atoms with Crippen molar-refractivity contribution >= 4 is 45.4 Å². The second kappa shape index (κ2) is 11.3. The highest BCUT2D eigenvalue weighted by molar-refractivity contribution is 7.20. The molecule has 0 aliphatic heterocycles. The summed E-state index contributed by atoms with van der Waals surface area (Å²) < 4.78 is 1.01. The van der Waals surface area contributed by atoms with Gasteiger partial charge in [0.05, 0.1) is 4.88 Å². The molecule has 4 rings (SSSR count). The Labute approximate surface area is 208 Å². The van der Waals surface area contributed by atoms with Crippen LogP contribution in [0, 0.1) is 0 Å². The van der Waals surface area contributed by atoms with Gasteiger partial charge in [0.25, 0.3) is 5.91 Å². The van der Waals surface area contributed by atoms with E-state index in [9.17, 15) is 19.2 Å². The van der Waals surface area contributed by atoms with Gasteiger partial charge in [0.1, 0.15) is 17.9 Å². The average Bonchev–Trinajstić information content (AvgIpc) is 3.52. The van der Waals surface area contributed by atoms with Crippen molar-refractivity contribution in [3.63, 3.8) is 0 Å². The third-order valence-corrected chi connectivity index (χ3v) is 7.47. The van der Waals surface area contributed by atoms with Gasteiger partial charge < -0.3 is 20.7 Å². The van der Waals surface area contributed by atoms with Crippen LogP contribution in [0.4, 0.5) is 0 Å². The first-order valence-corrected chi connectivity index (χ1v) is 12.7. The summed E-state index contributed by atoms with van der Waals surface area (Å²) in [6, 6.07) is 18.2. The van der Waals surface area contributed by atoms with Gasteiger partial charge >= 0.3 is 0 Å². The van der Waals surface area contributed by atoms with E-state index in [0.717, 1.165) is 34.8 Å². The molecular weight excluding hydrogens is 462 g/mol. The number of benzene rings is 2. The molecule has 35 heavy (non-hydrogen) atoms. The van der Waals surface area contributed by atoms with E-state index >= 15 is 0 Å². The Balaban J connectivity index is 1.51. The van der Waals surface area contributed by atoms with Crippen molar-refractivity contribution in [1.82, 2.24) is 16.0 Å². The summed E-state index contributed by atoms with van der Waals surface area (Å²) in [5, 5.41) is 9.63. The molecule has 0 spiro atoms. The maximum absolute atomic E-state index is 13.6. The number of fused-ring (bicyclic) bond motifs is 1. The van der Waals surface area contributed by atoms with Crippen LogP contribution < -0.4 is 16.0 Å². The van der Waals surface area contributed by atoms with Crippen molar-refractivity contribution in [2.75, 3.05) is 6.54 Å². The molecule has 0 radical (unpaired) electrons. The molecule has 1 aromatic heterocycles. The number of amides is 3. The van der Waals surface area contributed by atoms with E-state index in [1.807, 2.05) is 60.7 Å². The Hall–Kier alpha value is -3.52. The van der Waals surface area contributed by atoms with Gasteiger partial charge in [-0.15, -0.1) is 11.3 Å². The van der Waals surface area contributed by atoms with Crippen molar-refractivity contribution in [3.05, 3.63) is 71.1 Å². The molecule has 7 nitrogen and oxygen atoms in total. The normalized spacial score (nSPS) is 15.3. The predicted molar refractivity (Wildman–Crippen MR) is 136 cm³/mol. The number of hydrogen-bond acceptors (Lipinski definition) is 5. The monoisotopic (exact) mass is 491 g/mol. The van der Waals surface area contributed by atoms with Crippen LogP contribution in [0.3, 0.4) is 0 Å². The van der Waals surface area contributed by atoms with Gasteiger partial charge in [0.2, 0.25) is 11.8 Å². The molecule has 1 atom stereocenters. The Morgan fingerprint density at radius 1 is 1.00 bits per heavy atom. The van der Waals surface area contributed by atoms with Gasteiger partial charge in [0, 0.05) is 24.1 Å². The average molecular weight is 492 g/mol. The number of nitrogens with one attached hydrogen (secondary N) is 3. The predicted octanol–water partition coefficient (Wildman–Crippen LogP) is 3.38. The van der Waals surface area contributed by atoms with E-state index < -0.39 is 11.6 Å². The molecule has 3 aromatic rings. The van der Waals surface area contributed by atoms with Crippen LogP contribution in [0.1, 0.15) is 47.3 Å². The maximum atomic E-state index is 13.6. The highest BCUT2D eigenvalue weighted by Gasteiger charge is 2.44. The highest BCUT2D eigenvalue weighted by Crippen LogP contribution is 2.32. The summed E-state index contributed by atoms with van der Waals surface area (Å²) in [4.78, 5) is 50.9. The molecule has 1 aliphatic carbocycles. The van der Waals surface area contributed by atoms with E-state index in [-0.39, 0.29) is 30.7 Å². The maximum Gasteiger partial charge on any atom is 0.262 e. The van der Waals surface area contributed by atoms with Crippen LogP contribution in [0.15, 0.2) is 60.7 Å². The molecule has 1 heterocycles. The molecule has 1 saturated carbocycles. The summed E-state index contributed by atoms with van der Waals surface area (Å²) in [7, 11) is 0. The number of carbonyl (C=O) groups excluding carboxylic acids is 4. The minimum absolute atomic E-state index is 0.201. The molecule has 8 heteroatoms. The van der Waals surface area contributed by atoms with Crippen molar-refractivity contribution in [3.8, 4) is 0 Å². The van der Waals surface area contributed by atoms with Gasteiger partial charge in [-0.2, -0.15) is 0 Å². The van der Waals surface area contributed by atoms with Crippen LogP contribution >= 0.6 is 11.3 Å². The Morgan fingerprint density at radius 3 is 2.43 bits per heavy atom. The van der Waals surface area contributed by atoms with Crippen molar-refractivity contribution in [2.24, 2.45) is 0 Å². The summed E-state index contributed by atoms with van der Waals surface area (Å²) >= 11 is 1.39. The molecular formula is C27H29N3O4S. The van der Waals surface area contributed by atoms with Gasteiger partial charge in [-0.25, -0.2) is 0 Å². The first-order valence-electron chi connectivity index (χ1n) is 11.9. The lowest BCUT2D eigenvalue weighted by Crippen LogP contribution is -2.61. The topological polar surface area (TPSA) is 104 Å². The zero-order chi connectivity index (χ0) is 24.7. The first-order chi connectivity index (χ1) is 17.0. The lowest BCUT2D eigenvalue weighted by Gasteiger charge is -2.31. The molecule has 1 fully saturated rings. The first kappa shape index (κ1) is 24.6. The molecule has 1 aliphatic rings. The summed E-state index contributed by atoms with van der Waals surface area (Å²) in [5.74, 6) is -0.984. The van der Waals surface area contributed by atoms with Crippen molar-refractivity contribution in [2.45, 2.75) is 50.1 Å². The largest absolute Gasteiger partial charge is 0.354 e. The molecule has 3 N–H and O–H groups in total. The lowest BCUT2D eigenvalue weighted by molar-refractivity contribution is -0.132. The number of aldehydes is 1. The van der Waals surface area contributed by atoms with E-state index in [2.05, 4.69) is 16.0 Å². The molecule has 2 aromatic carbocycles. The van der Waals surface area contributed by atoms with Crippen molar-refractivity contribution < 1.29 is 19.2 Å². The standard InChI is InChI=1S/C27H29N3O4S/c31-16-8-15-28-24(32)21(17-19-9-2-1-3-10-19)29-26(34)27(13-6-7-14-27)30-25(33)23-18-20-11-4-5-12-22(20)35-23/h1-5,9-12,16,18,21H,6-8,13-15,17H2,(H,28,32)(H,29,34)(H,30,33)/t21-/m1/s1. The lowest BCUT2D eigenvalue weighted by atomic mass is 9.94. The SMILES string of the molecule is O=CCCNC(=O)[C@@H](Cc1ccccc1)NC(=O)C1(NC(=O)c2cc3ccccc3s2)CCCC1. The molecule has 0 unspecified atom stereocenters. The fourth-order valence-electron chi connectivity index (χ4n) is 4.49. The Morgan fingerprint density at radius 2 is 1.71 bits per heavy atom. The number of rotatable bonds is 10. The smallest absolute Gasteiger partial charge is 0.262 e. The van der Waals surface area contributed by atoms with E-state index in [4.69, 9.17) is 0 Å². The fourth-order valence-corrected chi connectivity index (χ4v) is 5.45. The summed E-state index contributed by atoms with van der Waals surface area (Å²) in [5.41, 5.74) is -0.163. The van der Waals surface area contributed by atoms with Crippen molar-refractivity contribution in [1.29, 1.82) is 0 Å². The Bertz CT molecular complexity index is 1170. The Kier molecular flexibility index (Phi) is 7.92. The second-order valence-corrected chi connectivity index (χ2v) is 9.94. The minimum atomic E-state index is -1.06.